The minimum absolute atomic E-state index is 0.0513. The Hall–Kier alpha value is -3.73. The van der Waals surface area contributed by atoms with Crippen molar-refractivity contribution in [2.75, 3.05) is 4.72 Å². The molecule has 0 amide bonds. The van der Waals surface area contributed by atoms with E-state index in [0.29, 0.717) is 10.2 Å². The van der Waals surface area contributed by atoms with Crippen LogP contribution in [0.25, 0.3) is 11.1 Å². The number of hydrogen-bond acceptors (Lipinski definition) is 3. The summed E-state index contributed by atoms with van der Waals surface area (Å²) in [4.78, 5) is -0.207. The minimum Gasteiger partial charge on any atom is -0.261 e. The average molecular weight is 522 g/mol. The lowest BCUT2D eigenvalue weighted by Gasteiger charge is -2.22. The Balaban J connectivity index is 1.99. The predicted octanol–water partition coefficient (Wildman–Crippen LogP) is 6.36. The standard InChI is InChI=1S/C25H20F5N3O2S/c1-17-12-14-19(15-13-17)21-22(24(26,27)25(28,29)30)33(16-18-8-4-2-5-9-18)31-23(21)32-36(34,35)20-10-6-3-7-11-20/h2-15H,16H2,1H3,(H,31,32). The molecule has 11 heteroatoms. The van der Waals surface area contributed by atoms with Crippen molar-refractivity contribution in [3.05, 3.63) is 102 Å². The molecule has 4 aromatic rings. The van der Waals surface area contributed by atoms with Gasteiger partial charge in [0.2, 0.25) is 0 Å². The van der Waals surface area contributed by atoms with E-state index in [2.05, 4.69) is 9.82 Å². The Bertz CT molecular complexity index is 1450. The van der Waals surface area contributed by atoms with E-state index in [4.69, 9.17) is 0 Å². The SMILES string of the molecule is Cc1ccc(-c2c(NS(=O)(=O)c3ccccc3)nn(Cc3ccccc3)c2C(F)(F)C(F)(F)F)cc1. The van der Waals surface area contributed by atoms with Gasteiger partial charge in [0.15, 0.2) is 5.82 Å². The van der Waals surface area contributed by atoms with E-state index >= 15 is 8.78 Å². The normalized spacial score (nSPS) is 12.5. The summed E-state index contributed by atoms with van der Waals surface area (Å²) in [5, 5.41) is 3.94. The van der Waals surface area contributed by atoms with Crippen LogP contribution in [0.4, 0.5) is 27.8 Å². The van der Waals surface area contributed by atoms with Gasteiger partial charge in [-0.15, -0.1) is 0 Å². The summed E-state index contributed by atoms with van der Waals surface area (Å²) in [5.74, 6) is -5.98. The molecule has 0 spiro atoms. The molecule has 0 saturated carbocycles. The van der Waals surface area contributed by atoms with E-state index in [1.807, 2.05) is 0 Å². The van der Waals surface area contributed by atoms with Gasteiger partial charge in [-0.05, 0) is 30.2 Å². The van der Waals surface area contributed by atoms with Crippen LogP contribution in [0.3, 0.4) is 0 Å². The fourth-order valence-corrected chi connectivity index (χ4v) is 4.67. The first-order valence-corrected chi connectivity index (χ1v) is 12.1. The number of benzene rings is 3. The first kappa shape index (κ1) is 25.4. The van der Waals surface area contributed by atoms with Crippen molar-refractivity contribution >= 4 is 15.8 Å². The molecule has 0 saturated heterocycles. The number of nitrogens with zero attached hydrogens (tertiary/aromatic N) is 2. The molecule has 4 rings (SSSR count). The van der Waals surface area contributed by atoms with Gasteiger partial charge in [-0.3, -0.25) is 9.40 Å². The summed E-state index contributed by atoms with van der Waals surface area (Å²) in [6.45, 7) is 1.26. The maximum absolute atomic E-state index is 15.1. The fraction of sp³-hybridized carbons (Fsp3) is 0.160. The summed E-state index contributed by atoms with van der Waals surface area (Å²) in [6.07, 6.45) is -5.96. The third kappa shape index (κ3) is 4.97. The van der Waals surface area contributed by atoms with Crippen molar-refractivity contribution in [3.63, 3.8) is 0 Å². The lowest BCUT2D eigenvalue weighted by Crippen LogP contribution is -2.36. The molecule has 36 heavy (non-hydrogen) atoms. The highest BCUT2D eigenvalue weighted by atomic mass is 32.2. The molecular formula is C25H20F5N3O2S. The van der Waals surface area contributed by atoms with Gasteiger partial charge < -0.3 is 0 Å². The summed E-state index contributed by atoms with van der Waals surface area (Å²) < 4.78 is 99.8. The number of nitrogens with one attached hydrogen (secondary N) is 1. The number of alkyl halides is 5. The number of aromatic nitrogens is 2. The van der Waals surface area contributed by atoms with Gasteiger partial charge >= 0.3 is 12.1 Å². The van der Waals surface area contributed by atoms with Crippen LogP contribution in [0.1, 0.15) is 16.8 Å². The average Bonchev–Trinajstić information content (AvgIpc) is 3.17. The Labute approximate surface area is 204 Å². The lowest BCUT2D eigenvalue weighted by molar-refractivity contribution is -0.291. The van der Waals surface area contributed by atoms with E-state index in [0.717, 1.165) is 5.56 Å². The van der Waals surface area contributed by atoms with Gasteiger partial charge in [0.05, 0.1) is 17.0 Å². The van der Waals surface area contributed by atoms with Gasteiger partial charge in [0.1, 0.15) is 5.69 Å². The molecule has 0 aliphatic heterocycles. The number of rotatable bonds is 7. The topological polar surface area (TPSA) is 64.0 Å². The highest BCUT2D eigenvalue weighted by Gasteiger charge is 2.62. The van der Waals surface area contributed by atoms with E-state index < -0.39 is 45.7 Å². The Morgan fingerprint density at radius 2 is 1.39 bits per heavy atom. The number of aryl methyl sites for hydroxylation is 1. The van der Waals surface area contributed by atoms with Crippen LogP contribution in [0.2, 0.25) is 0 Å². The summed E-state index contributed by atoms with van der Waals surface area (Å²) in [7, 11) is -4.36. The second kappa shape index (κ2) is 9.38. The van der Waals surface area contributed by atoms with Crippen LogP contribution in [0, 0.1) is 6.92 Å². The number of hydrogen-bond donors (Lipinski definition) is 1. The van der Waals surface area contributed by atoms with Crippen LogP contribution in [-0.4, -0.2) is 24.4 Å². The van der Waals surface area contributed by atoms with Crippen LogP contribution in [0.15, 0.2) is 89.8 Å². The molecule has 5 nitrogen and oxygen atoms in total. The minimum atomic E-state index is -5.96. The Morgan fingerprint density at radius 1 is 0.833 bits per heavy atom. The maximum atomic E-state index is 15.1. The first-order valence-electron chi connectivity index (χ1n) is 10.6. The fourth-order valence-electron chi connectivity index (χ4n) is 3.64. The molecule has 3 aromatic carbocycles. The first-order chi connectivity index (χ1) is 16.9. The summed E-state index contributed by atoms with van der Waals surface area (Å²) in [5.41, 5.74) is -1.05. The van der Waals surface area contributed by atoms with Crippen molar-refractivity contribution in [3.8, 4) is 11.1 Å². The molecule has 0 unspecified atom stereocenters. The highest BCUT2D eigenvalue weighted by molar-refractivity contribution is 7.92. The number of sulfonamides is 1. The number of halogens is 5. The van der Waals surface area contributed by atoms with E-state index in [-0.39, 0.29) is 10.5 Å². The smallest absolute Gasteiger partial charge is 0.261 e. The third-order valence-corrected chi connectivity index (χ3v) is 6.76. The molecular weight excluding hydrogens is 501 g/mol. The Kier molecular flexibility index (Phi) is 6.61. The van der Waals surface area contributed by atoms with Crippen molar-refractivity contribution in [2.45, 2.75) is 30.5 Å². The van der Waals surface area contributed by atoms with Crippen molar-refractivity contribution in [2.24, 2.45) is 0 Å². The molecule has 1 heterocycles. The van der Waals surface area contributed by atoms with Gasteiger partial charge in [-0.25, -0.2) is 8.42 Å². The van der Waals surface area contributed by atoms with Crippen LogP contribution in [-0.2, 0) is 22.5 Å². The second-order valence-corrected chi connectivity index (χ2v) is 9.75. The van der Waals surface area contributed by atoms with Crippen molar-refractivity contribution in [1.82, 2.24) is 9.78 Å². The van der Waals surface area contributed by atoms with Crippen molar-refractivity contribution in [1.29, 1.82) is 0 Å². The number of anilines is 1. The highest BCUT2D eigenvalue weighted by Crippen LogP contribution is 2.49. The molecule has 0 radical (unpaired) electrons. The van der Waals surface area contributed by atoms with Gasteiger partial charge in [-0.1, -0.05) is 78.4 Å². The zero-order valence-electron chi connectivity index (χ0n) is 18.8. The maximum Gasteiger partial charge on any atom is 0.459 e. The Morgan fingerprint density at radius 3 is 1.94 bits per heavy atom. The van der Waals surface area contributed by atoms with E-state index in [1.165, 1.54) is 60.7 Å². The van der Waals surface area contributed by atoms with Gasteiger partial charge in [0, 0.05) is 0 Å². The summed E-state index contributed by atoms with van der Waals surface area (Å²) in [6, 6.07) is 20.7. The van der Waals surface area contributed by atoms with Crippen LogP contribution >= 0.6 is 0 Å². The molecule has 1 N–H and O–H groups in total. The van der Waals surface area contributed by atoms with E-state index in [1.54, 1.807) is 31.2 Å². The zero-order chi connectivity index (χ0) is 26.1. The quantitative estimate of drug-likeness (QED) is 0.288. The summed E-state index contributed by atoms with van der Waals surface area (Å²) >= 11 is 0. The van der Waals surface area contributed by atoms with Gasteiger partial charge in [0.25, 0.3) is 10.0 Å². The van der Waals surface area contributed by atoms with Crippen LogP contribution in [0.5, 0.6) is 0 Å². The van der Waals surface area contributed by atoms with Crippen LogP contribution < -0.4 is 4.72 Å². The zero-order valence-corrected chi connectivity index (χ0v) is 19.6. The molecule has 0 aliphatic carbocycles. The van der Waals surface area contributed by atoms with Gasteiger partial charge in [-0.2, -0.15) is 27.1 Å². The molecule has 188 valence electrons. The third-order valence-electron chi connectivity index (χ3n) is 5.41. The predicted molar refractivity (Wildman–Crippen MR) is 125 cm³/mol. The molecule has 0 aliphatic rings. The second-order valence-electron chi connectivity index (χ2n) is 8.07. The molecule has 0 bridgehead atoms. The molecule has 0 atom stereocenters. The van der Waals surface area contributed by atoms with E-state index in [9.17, 15) is 21.6 Å². The lowest BCUT2D eigenvalue weighted by atomic mass is 10.00. The molecule has 0 fully saturated rings. The van der Waals surface area contributed by atoms with Crippen molar-refractivity contribution < 1.29 is 30.4 Å². The molecule has 1 aromatic heterocycles. The largest absolute Gasteiger partial charge is 0.459 e. The monoisotopic (exact) mass is 521 g/mol.